The SMILES string of the molecule is COc1cc(C(=O)N[C@H]2C[C@@H](O)C2)ccc1Nc1nc(OC2CCCC2)c2c(-c3ccc4nc(C)oc4c3)c[nH]c2n1. The summed E-state index contributed by atoms with van der Waals surface area (Å²) in [5.41, 5.74) is 5.07. The van der Waals surface area contributed by atoms with E-state index in [2.05, 4.69) is 20.6 Å². The average molecular weight is 569 g/mol. The highest BCUT2D eigenvalue weighted by Gasteiger charge is 2.29. The molecule has 0 aliphatic heterocycles. The third-order valence-electron chi connectivity index (χ3n) is 8.04. The Hall–Kier alpha value is -4.64. The molecule has 2 aliphatic rings. The van der Waals surface area contributed by atoms with Gasteiger partial charge in [0.05, 0.1) is 24.3 Å². The molecule has 42 heavy (non-hydrogen) atoms. The number of aromatic nitrogens is 4. The average Bonchev–Trinajstić information content (AvgIpc) is 3.71. The maximum atomic E-state index is 12.7. The van der Waals surface area contributed by atoms with Crippen molar-refractivity contribution >= 4 is 39.7 Å². The van der Waals surface area contributed by atoms with Crippen molar-refractivity contribution in [3.63, 3.8) is 0 Å². The number of aromatic amines is 1. The molecule has 0 unspecified atom stereocenters. The van der Waals surface area contributed by atoms with Crippen LogP contribution < -0.4 is 20.1 Å². The number of carbonyl (C=O) groups is 1. The Morgan fingerprint density at radius 1 is 1.10 bits per heavy atom. The van der Waals surface area contributed by atoms with Crippen molar-refractivity contribution in [2.75, 3.05) is 12.4 Å². The second-order valence-corrected chi connectivity index (χ2v) is 11.1. The summed E-state index contributed by atoms with van der Waals surface area (Å²) in [5, 5.41) is 16.5. The van der Waals surface area contributed by atoms with Crippen LogP contribution in [0.15, 0.2) is 47.0 Å². The number of hydrogen-bond donors (Lipinski definition) is 4. The highest BCUT2D eigenvalue weighted by Crippen LogP contribution is 2.38. The summed E-state index contributed by atoms with van der Waals surface area (Å²) in [4.78, 5) is 30.0. The van der Waals surface area contributed by atoms with Crippen molar-refractivity contribution in [3.05, 3.63) is 54.0 Å². The summed E-state index contributed by atoms with van der Waals surface area (Å²) in [6.45, 7) is 1.83. The van der Waals surface area contributed by atoms with E-state index in [0.29, 0.717) is 58.8 Å². The van der Waals surface area contributed by atoms with Gasteiger partial charge in [-0.05, 0) is 74.4 Å². The number of fused-ring (bicyclic) bond motifs is 2. The number of hydrogen-bond acceptors (Lipinski definition) is 9. The number of aliphatic hydroxyl groups is 1. The molecule has 4 N–H and O–H groups in total. The van der Waals surface area contributed by atoms with Crippen LogP contribution in [0.5, 0.6) is 11.6 Å². The van der Waals surface area contributed by atoms with Crippen LogP contribution >= 0.6 is 0 Å². The number of H-pyrrole nitrogens is 1. The number of aryl methyl sites for hydroxylation is 1. The smallest absolute Gasteiger partial charge is 0.251 e. The van der Waals surface area contributed by atoms with Crippen molar-refractivity contribution in [3.8, 4) is 22.8 Å². The molecule has 5 aromatic rings. The number of anilines is 2. The first-order chi connectivity index (χ1) is 20.4. The van der Waals surface area contributed by atoms with Crippen LogP contribution in [0.2, 0.25) is 0 Å². The molecular formula is C31H32N6O5. The van der Waals surface area contributed by atoms with Gasteiger partial charge in [0.15, 0.2) is 11.5 Å². The zero-order chi connectivity index (χ0) is 28.8. The van der Waals surface area contributed by atoms with E-state index in [4.69, 9.17) is 23.9 Å². The molecule has 0 atom stereocenters. The van der Waals surface area contributed by atoms with Crippen molar-refractivity contribution < 1.29 is 23.8 Å². The van der Waals surface area contributed by atoms with Crippen LogP contribution in [0.4, 0.5) is 11.6 Å². The quantitative estimate of drug-likeness (QED) is 0.193. The maximum absolute atomic E-state index is 12.7. The van der Waals surface area contributed by atoms with Gasteiger partial charge in [-0.25, -0.2) is 4.98 Å². The second kappa shape index (κ2) is 10.6. The highest BCUT2D eigenvalue weighted by molar-refractivity contribution is 5.99. The molecule has 0 saturated heterocycles. The van der Waals surface area contributed by atoms with Gasteiger partial charge in [-0.15, -0.1) is 0 Å². The van der Waals surface area contributed by atoms with Crippen molar-refractivity contribution in [1.29, 1.82) is 0 Å². The fourth-order valence-corrected chi connectivity index (χ4v) is 5.77. The Morgan fingerprint density at radius 3 is 2.71 bits per heavy atom. The molecule has 0 spiro atoms. The number of aliphatic hydroxyl groups excluding tert-OH is 1. The van der Waals surface area contributed by atoms with Gasteiger partial charge in [0, 0.05) is 30.3 Å². The first-order valence-corrected chi connectivity index (χ1v) is 14.3. The van der Waals surface area contributed by atoms with Gasteiger partial charge < -0.3 is 34.6 Å². The van der Waals surface area contributed by atoms with E-state index in [1.165, 1.54) is 0 Å². The molecule has 216 valence electrons. The molecule has 1 amide bonds. The molecule has 11 heteroatoms. The molecule has 7 rings (SSSR count). The van der Waals surface area contributed by atoms with Crippen molar-refractivity contribution in [2.24, 2.45) is 0 Å². The van der Waals surface area contributed by atoms with Gasteiger partial charge in [-0.2, -0.15) is 9.97 Å². The summed E-state index contributed by atoms with van der Waals surface area (Å²) in [7, 11) is 1.55. The third-order valence-corrected chi connectivity index (χ3v) is 8.04. The molecule has 3 aromatic heterocycles. The van der Waals surface area contributed by atoms with Crippen LogP contribution in [0.1, 0.15) is 54.8 Å². The van der Waals surface area contributed by atoms with E-state index in [9.17, 15) is 9.90 Å². The lowest BCUT2D eigenvalue weighted by Crippen LogP contribution is -2.46. The van der Waals surface area contributed by atoms with E-state index < -0.39 is 0 Å². The first kappa shape index (κ1) is 26.3. The molecule has 2 aliphatic carbocycles. The Labute approximate surface area is 241 Å². The Kier molecular flexibility index (Phi) is 6.66. The van der Waals surface area contributed by atoms with Crippen LogP contribution in [0.3, 0.4) is 0 Å². The lowest BCUT2D eigenvalue weighted by molar-refractivity contribution is 0.0562. The summed E-state index contributed by atoms with van der Waals surface area (Å²) in [6, 6.07) is 11.1. The van der Waals surface area contributed by atoms with Gasteiger partial charge in [0.25, 0.3) is 5.91 Å². The van der Waals surface area contributed by atoms with Crippen molar-refractivity contribution in [1.82, 2.24) is 25.3 Å². The van der Waals surface area contributed by atoms with Gasteiger partial charge in [0.2, 0.25) is 11.8 Å². The predicted octanol–water partition coefficient (Wildman–Crippen LogP) is 5.40. The maximum Gasteiger partial charge on any atom is 0.251 e. The summed E-state index contributed by atoms with van der Waals surface area (Å²) >= 11 is 0. The molecule has 0 radical (unpaired) electrons. The monoisotopic (exact) mass is 568 g/mol. The second-order valence-electron chi connectivity index (χ2n) is 11.1. The topological polar surface area (TPSA) is 147 Å². The van der Waals surface area contributed by atoms with Gasteiger partial charge in [-0.1, -0.05) is 6.07 Å². The van der Waals surface area contributed by atoms with E-state index in [1.807, 2.05) is 31.3 Å². The number of rotatable bonds is 8. The minimum atomic E-state index is -0.340. The van der Waals surface area contributed by atoms with Gasteiger partial charge in [-0.3, -0.25) is 4.79 Å². The van der Waals surface area contributed by atoms with Crippen LogP contribution in [-0.4, -0.2) is 56.3 Å². The van der Waals surface area contributed by atoms with E-state index in [-0.39, 0.29) is 24.2 Å². The predicted molar refractivity (Wildman–Crippen MR) is 157 cm³/mol. The summed E-state index contributed by atoms with van der Waals surface area (Å²) < 4.78 is 17.9. The number of benzene rings is 2. The normalized spacial score (nSPS) is 18.7. The summed E-state index contributed by atoms with van der Waals surface area (Å²) in [6.07, 6.45) is 7.02. The van der Waals surface area contributed by atoms with Crippen LogP contribution in [0, 0.1) is 6.92 Å². The van der Waals surface area contributed by atoms with Crippen LogP contribution in [-0.2, 0) is 0 Å². The van der Waals surface area contributed by atoms with E-state index in [1.54, 1.807) is 25.3 Å². The Balaban J connectivity index is 1.22. The standard InChI is InChI=1S/C31H32N6O5/c1-16-33-24-9-7-17(11-26(24)41-16)22-15-32-28-27(22)30(42-21-5-3-4-6-21)37-31(36-28)35-23-10-8-18(12-25(23)40-2)29(39)34-19-13-20(38)14-19/h7-12,15,19-21,38H,3-6,13-14H2,1-2H3,(H,34,39)(H2,32,35,36,37)/t19-,20+. The number of carbonyl (C=O) groups excluding carboxylic acids is 1. The molecule has 2 fully saturated rings. The van der Waals surface area contributed by atoms with Gasteiger partial charge in [0.1, 0.15) is 23.0 Å². The number of nitrogens with one attached hydrogen (secondary N) is 3. The minimum absolute atomic E-state index is 0.0119. The molecular weight excluding hydrogens is 536 g/mol. The van der Waals surface area contributed by atoms with E-state index in [0.717, 1.165) is 47.7 Å². The lowest BCUT2D eigenvalue weighted by atomic mass is 9.89. The molecule has 11 nitrogen and oxygen atoms in total. The summed E-state index contributed by atoms with van der Waals surface area (Å²) in [5.74, 6) is 1.72. The fourth-order valence-electron chi connectivity index (χ4n) is 5.77. The van der Waals surface area contributed by atoms with Crippen LogP contribution in [0.25, 0.3) is 33.3 Å². The Morgan fingerprint density at radius 2 is 1.93 bits per heavy atom. The number of nitrogens with zero attached hydrogens (tertiary/aromatic N) is 3. The highest BCUT2D eigenvalue weighted by atomic mass is 16.5. The van der Waals surface area contributed by atoms with E-state index >= 15 is 0 Å². The number of amides is 1. The van der Waals surface area contributed by atoms with Gasteiger partial charge >= 0.3 is 0 Å². The van der Waals surface area contributed by atoms with Crippen molar-refractivity contribution in [2.45, 2.75) is 63.7 Å². The zero-order valence-electron chi connectivity index (χ0n) is 23.4. The third kappa shape index (κ3) is 5.00. The zero-order valence-corrected chi connectivity index (χ0v) is 23.4. The Bertz CT molecular complexity index is 1780. The molecule has 0 bridgehead atoms. The minimum Gasteiger partial charge on any atom is -0.495 e. The molecule has 2 saturated carbocycles. The largest absolute Gasteiger partial charge is 0.495 e. The lowest BCUT2D eigenvalue weighted by Gasteiger charge is -2.31. The fraction of sp³-hybridized carbons (Fsp3) is 0.355. The molecule has 2 aromatic carbocycles. The number of ether oxygens (including phenoxy) is 2. The number of methoxy groups -OCH3 is 1. The first-order valence-electron chi connectivity index (χ1n) is 14.3. The number of oxazole rings is 1. The molecule has 3 heterocycles.